The van der Waals surface area contributed by atoms with Gasteiger partial charge in [0.1, 0.15) is 0 Å². The van der Waals surface area contributed by atoms with Crippen LogP contribution in [0.15, 0.2) is 28.7 Å². The zero-order valence-electron chi connectivity index (χ0n) is 6.57. The first kappa shape index (κ1) is 9.71. The molecule has 0 saturated carbocycles. The fourth-order valence-electron chi connectivity index (χ4n) is 1.02. The summed E-state index contributed by atoms with van der Waals surface area (Å²) in [5.41, 5.74) is 0.826. The zero-order chi connectivity index (χ0) is 8.97. The Morgan fingerprint density at radius 1 is 1.33 bits per heavy atom. The molecule has 0 heterocycles. The molecule has 0 saturated heterocycles. The van der Waals surface area contributed by atoms with E-state index in [-0.39, 0.29) is 6.61 Å². The van der Waals surface area contributed by atoms with Gasteiger partial charge in [-0.1, -0.05) is 34.1 Å². The van der Waals surface area contributed by atoms with E-state index in [2.05, 4.69) is 15.9 Å². The predicted octanol–water partition coefficient (Wildman–Crippen LogP) is 1.86. The van der Waals surface area contributed by atoms with Gasteiger partial charge < -0.3 is 10.2 Å². The molecule has 12 heavy (non-hydrogen) atoms. The molecule has 0 aliphatic carbocycles. The van der Waals surface area contributed by atoms with Crippen molar-refractivity contribution in [3.63, 3.8) is 0 Å². The molecule has 2 nitrogen and oxygen atoms in total. The van der Waals surface area contributed by atoms with Crippen LogP contribution in [0.1, 0.15) is 18.1 Å². The summed E-state index contributed by atoms with van der Waals surface area (Å²) in [6.45, 7) is 0.00248. The molecule has 0 bridgehead atoms. The maximum atomic E-state index is 9.51. The molecule has 66 valence electrons. The van der Waals surface area contributed by atoms with Crippen molar-refractivity contribution in [2.75, 3.05) is 6.61 Å². The minimum atomic E-state index is -0.578. The van der Waals surface area contributed by atoms with Crippen LogP contribution in [0.2, 0.25) is 0 Å². The lowest BCUT2D eigenvalue weighted by atomic mass is 10.1. The van der Waals surface area contributed by atoms with E-state index in [0.717, 1.165) is 10.0 Å². The second-order valence-electron chi connectivity index (χ2n) is 2.55. The van der Waals surface area contributed by atoms with Gasteiger partial charge in [-0.15, -0.1) is 0 Å². The lowest BCUT2D eigenvalue weighted by Crippen LogP contribution is -2.00. The van der Waals surface area contributed by atoms with Gasteiger partial charge in [-0.25, -0.2) is 0 Å². The summed E-state index contributed by atoms with van der Waals surface area (Å²) in [6.07, 6.45) is -0.201. The minimum absolute atomic E-state index is 0.00248. The Labute approximate surface area is 80.0 Å². The molecule has 0 fully saturated rings. The third-order valence-electron chi connectivity index (χ3n) is 1.67. The van der Waals surface area contributed by atoms with Crippen LogP contribution in [-0.2, 0) is 0 Å². The van der Waals surface area contributed by atoms with Crippen LogP contribution < -0.4 is 0 Å². The SMILES string of the molecule is OCC[C@H](O)c1ccccc1Br. The smallest absolute Gasteiger partial charge is 0.0822 e. The number of benzene rings is 1. The van der Waals surface area contributed by atoms with Crippen molar-refractivity contribution in [2.24, 2.45) is 0 Å². The van der Waals surface area contributed by atoms with Crippen LogP contribution in [-0.4, -0.2) is 16.8 Å². The van der Waals surface area contributed by atoms with Gasteiger partial charge in [0.05, 0.1) is 6.10 Å². The maximum absolute atomic E-state index is 9.51. The van der Waals surface area contributed by atoms with E-state index in [1.165, 1.54) is 0 Å². The molecule has 0 unspecified atom stereocenters. The number of halogens is 1. The van der Waals surface area contributed by atoms with Crippen LogP contribution in [0.25, 0.3) is 0 Å². The molecule has 1 aromatic carbocycles. The number of hydrogen-bond donors (Lipinski definition) is 2. The summed E-state index contributed by atoms with van der Waals surface area (Å²) in [7, 11) is 0. The molecule has 0 spiro atoms. The molecular formula is C9H11BrO2. The Kier molecular flexibility index (Phi) is 3.72. The molecule has 0 aliphatic rings. The van der Waals surface area contributed by atoms with E-state index in [0.29, 0.717) is 6.42 Å². The van der Waals surface area contributed by atoms with Gasteiger partial charge in [-0.3, -0.25) is 0 Å². The molecular weight excluding hydrogens is 220 g/mol. The molecule has 1 rings (SSSR count). The number of hydrogen-bond acceptors (Lipinski definition) is 2. The van der Waals surface area contributed by atoms with Crippen molar-refractivity contribution >= 4 is 15.9 Å². The van der Waals surface area contributed by atoms with E-state index in [1.807, 2.05) is 24.3 Å². The third kappa shape index (κ3) is 2.30. The Morgan fingerprint density at radius 3 is 2.58 bits per heavy atom. The molecule has 1 atom stereocenters. The summed E-state index contributed by atoms with van der Waals surface area (Å²) in [5, 5.41) is 18.1. The zero-order valence-corrected chi connectivity index (χ0v) is 8.16. The molecule has 0 amide bonds. The number of rotatable bonds is 3. The fraction of sp³-hybridized carbons (Fsp3) is 0.333. The molecule has 2 N–H and O–H groups in total. The second kappa shape index (κ2) is 4.60. The highest BCUT2D eigenvalue weighted by molar-refractivity contribution is 9.10. The third-order valence-corrected chi connectivity index (χ3v) is 2.39. The lowest BCUT2D eigenvalue weighted by molar-refractivity contribution is 0.134. The van der Waals surface area contributed by atoms with Crippen LogP contribution in [0, 0.1) is 0 Å². The topological polar surface area (TPSA) is 40.5 Å². The van der Waals surface area contributed by atoms with Gasteiger partial charge in [0, 0.05) is 17.5 Å². The summed E-state index contributed by atoms with van der Waals surface area (Å²) in [6, 6.07) is 7.46. The van der Waals surface area contributed by atoms with Gasteiger partial charge in [0.25, 0.3) is 0 Å². The quantitative estimate of drug-likeness (QED) is 0.833. The molecule has 3 heteroatoms. The average Bonchev–Trinajstić information content (AvgIpc) is 2.05. The van der Waals surface area contributed by atoms with Gasteiger partial charge >= 0.3 is 0 Å². The minimum Gasteiger partial charge on any atom is -0.396 e. The van der Waals surface area contributed by atoms with E-state index < -0.39 is 6.10 Å². The summed E-state index contributed by atoms with van der Waals surface area (Å²) < 4.78 is 0.881. The Balaban J connectivity index is 2.79. The van der Waals surface area contributed by atoms with Crippen LogP contribution >= 0.6 is 15.9 Å². The number of aliphatic hydroxyl groups excluding tert-OH is 2. The van der Waals surface area contributed by atoms with Crippen molar-refractivity contribution in [3.05, 3.63) is 34.3 Å². The highest BCUT2D eigenvalue weighted by atomic mass is 79.9. The van der Waals surface area contributed by atoms with E-state index in [1.54, 1.807) is 0 Å². The highest BCUT2D eigenvalue weighted by Gasteiger charge is 2.08. The lowest BCUT2D eigenvalue weighted by Gasteiger charge is -2.10. The first-order valence-electron chi connectivity index (χ1n) is 3.79. The summed E-state index contributed by atoms with van der Waals surface area (Å²) in [4.78, 5) is 0. The van der Waals surface area contributed by atoms with E-state index in [4.69, 9.17) is 5.11 Å². The van der Waals surface area contributed by atoms with Crippen molar-refractivity contribution in [1.29, 1.82) is 0 Å². The second-order valence-corrected chi connectivity index (χ2v) is 3.40. The Hall–Kier alpha value is -0.380. The van der Waals surface area contributed by atoms with Crippen molar-refractivity contribution < 1.29 is 10.2 Å². The predicted molar refractivity (Wildman–Crippen MR) is 50.8 cm³/mol. The molecule has 0 radical (unpaired) electrons. The Morgan fingerprint density at radius 2 is 2.00 bits per heavy atom. The van der Waals surface area contributed by atoms with Gasteiger partial charge in [0.15, 0.2) is 0 Å². The summed E-state index contributed by atoms with van der Waals surface area (Å²) in [5.74, 6) is 0. The number of aliphatic hydroxyl groups is 2. The maximum Gasteiger partial charge on any atom is 0.0822 e. The van der Waals surface area contributed by atoms with Crippen molar-refractivity contribution in [1.82, 2.24) is 0 Å². The first-order valence-corrected chi connectivity index (χ1v) is 4.58. The average molecular weight is 231 g/mol. The standard InChI is InChI=1S/C9H11BrO2/c10-8-4-2-1-3-7(8)9(12)5-6-11/h1-4,9,11-12H,5-6H2/t9-/m0/s1. The Bertz CT molecular complexity index is 250. The van der Waals surface area contributed by atoms with Crippen LogP contribution in [0.3, 0.4) is 0 Å². The monoisotopic (exact) mass is 230 g/mol. The van der Waals surface area contributed by atoms with Crippen LogP contribution in [0.4, 0.5) is 0 Å². The summed E-state index contributed by atoms with van der Waals surface area (Å²) >= 11 is 3.33. The van der Waals surface area contributed by atoms with Gasteiger partial charge in [0.2, 0.25) is 0 Å². The normalized spacial score (nSPS) is 12.9. The molecule has 0 aliphatic heterocycles. The van der Waals surface area contributed by atoms with Crippen LogP contribution in [0.5, 0.6) is 0 Å². The fourth-order valence-corrected chi connectivity index (χ4v) is 1.57. The van der Waals surface area contributed by atoms with E-state index >= 15 is 0 Å². The van der Waals surface area contributed by atoms with Crippen molar-refractivity contribution in [2.45, 2.75) is 12.5 Å². The highest BCUT2D eigenvalue weighted by Crippen LogP contribution is 2.24. The molecule has 0 aromatic heterocycles. The van der Waals surface area contributed by atoms with Gasteiger partial charge in [-0.05, 0) is 11.6 Å². The van der Waals surface area contributed by atoms with Crippen molar-refractivity contribution in [3.8, 4) is 0 Å². The molecule has 1 aromatic rings. The van der Waals surface area contributed by atoms with Gasteiger partial charge in [-0.2, -0.15) is 0 Å². The first-order chi connectivity index (χ1) is 5.75. The van der Waals surface area contributed by atoms with E-state index in [9.17, 15) is 5.11 Å². The largest absolute Gasteiger partial charge is 0.396 e.